The quantitative estimate of drug-likeness (QED) is 0.211. The Morgan fingerprint density at radius 1 is 1.00 bits per heavy atom. The molecule has 5 heteroatoms. The third kappa shape index (κ3) is 4.62. The summed E-state index contributed by atoms with van der Waals surface area (Å²) in [6, 6.07) is 25.0. The van der Waals surface area contributed by atoms with Gasteiger partial charge in [0.25, 0.3) is 0 Å². The summed E-state index contributed by atoms with van der Waals surface area (Å²) in [4.78, 5) is 0. The van der Waals surface area contributed by atoms with E-state index >= 15 is 0 Å². The Labute approximate surface area is 184 Å². The molecule has 0 aliphatic heterocycles. The molecule has 0 fully saturated rings. The van der Waals surface area contributed by atoms with Gasteiger partial charge in [-0.05, 0) is 52.4 Å². The molecule has 0 saturated heterocycles. The monoisotopic (exact) mass is 495 g/mol. The summed E-state index contributed by atoms with van der Waals surface area (Å²) in [5.74, 6) is 0.865. The van der Waals surface area contributed by atoms with Crippen molar-refractivity contribution in [2.75, 3.05) is 7.11 Å². The molecule has 0 unspecified atom stereocenters. The maximum absolute atomic E-state index is 5.39. The van der Waals surface area contributed by atoms with Crippen LogP contribution in [0.3, 0.4) is 0 Å². The second-order valence-corrected chi connectivity index (χ2v) is 8.01. The van der Waals surface area contributed by atoms with E-state index < -0.39 is 0 Å². The molecule has 0 spiro atoms. The predicted octanol–water partition coefficient (Wildman–Crippen LogP) is 5.43. The summed E-state index contributed by atoms with van der Waals surface area (Å²) in [5, 5.41) is 5.64. The number of para-hydroxylation sites is 2. The molecule has 0 bridgehead atoms. The van der Waals surface area contributed by atoms with Gasteiger partial charge >= 0.3 is 0 Å². The molecule has 0 saturated carbocycles. The van der Waals surface area contributed by atoms with Crippen molar-refractivity contribution in [3.8, 4) is 5.75 Å². The van der Waals surface area contributed by atoms with E-state index in [1.807, 2.05) is 30.5 Å². The molecule has 0 radical (unpaired) electrons. The van der Waals surface area contributed by atoms with E-state index in [1.54, 1.807) is 7.11 Å². The maximum atomic E-state index is 5.39. The highest BCUT2D eigenvalue weighted by atomic mass is 127. The first-order valence-electron chi connectivity index (χ1n) is 9.45. The van der Waals surface area contributed by atoms with Gasteiger partial charge in [-0.25, -0.2) is 0 Å². The normalized spacial score (nSPS) is 11.2. The summed E-state index contributed by atoms with van der Waals surface area (Å²) in [6.45, 7) is 1.45. The lowest BCUT2D eigenvalue weighted by Crippen LogP contribution is -2.06. The first-order valence-corrected chi connectivity index (χ1v) is 10.5. The zero-order chi connectivity index (χ0) is 20.1. The molecular weight excluding hydrogens is 473 g/mol. The van der Waals surface area contributed by atoms with Crippen LogP contribution in [0.1, 0.15) is 16.7 Å². The van der Waals surface area contributed by atoms with Crippen LogP contribution in [-0.4, -0.2) is 17.9 Å². The zero-order valence-electron chi connectivity index (χ0n) is 16.2. The van der Waals surface area contributed by atoms with Gasteiger partial charge in [0.1, 0.15) is 5.75 Å². The minimum absolute atomic E-state index is 0.613. The van der Waals surface area contributed by atoms with E-state index in [9.17, 15) is 0 Å². The lowest BCUT2D eigenvalue weighted by molar-refractivity contribution is 0.408. The lowest BCUT2D eigenvalue weighted by atomic mass is 10.2. The maximum Gasteiger partial charge on any atom is 0.123 e. The van der Waals surface area contributed by atoms with Gasteiger partial charge in [0.05, 0.1) is 19.9 Å². The molecule has 0 aliphatic carbocycles. The van der Waals surface area contributed by atoms with Crippen LogP contribution in [-0.2, 0) is 13.1 Å². The third-order valence-electron chi connectivity index (χ3n) is 4.84. The molecular formula is C24H22IN3O. The fourth-order valence-corrected chi connectivity index (χ4v) is 3.75. The highest BCUT2D eigenvalue weighted by molar-refractivity contribution is 14.1. The van der Waals surface area contributed by atoms with Gasteiger partial charge in [-0.1, -0.05) is 48.5 Å². The molecule has 0 atom stereocenters. The zero-order valence-corrected chi connectivity index (χ0v) is 18.3. The minimum atomic E-state index is 0.613. The third-order valence-corrected chi connectivity index (χ3v) is 5.56. The molecule has 1 aromatic heterocycles. The molecule has 0 amide bonds. The number of nitrogens with zero attached hydrogens (tertiary/aromatic N) is 2. The Hall–Kier alpha value is -2.80. The number of ether oxygens (including phenoxy) is 1. The number of benzene rings is 3. The van der Waals surface area contributed by atoms with Crippen molar-refractivity contribution in [1.29, 1.82) is 0 Å². The summed E-state index contributed by atoms with van der Waals surface area (Å²) in [7, 11) is 1.69. The average molecular weight is 495 g/mol. The van der Waals surface area contributed by atoms with E-state index in [4.69, 9.17) is 4.74 Å². The smallest absolute Gasteiger partial charge is 0.123 e. The Morgan fingerprint density at radius 2 is 1.76 bits per heavy atom. The topological polar surface area (TPSA) is 38.5 Å². The first kappa shape index (κ1) is 19.5. The first-order chi connectivity index (χ1) is 14.2. The highest BCUT2D eigenvalue weighted by Crippen LogP contribution is 2.22. The van der Waals surface area contributed by atoms with Crippen molar-refractivity contribution in [2.24, 2.45) is 5.10 Å². The molecule has 29 heavy (non-hydrogen) atoms. The van der Waals surface area contributed by atoms with Crippen LogP contribution in [0.25, 0.3) is 10.9 Å². The van der Waals surface area contributed by atoms with Gasteiger partial charge < -0.3 is 14.7 Å². The molecule has 4 nitrogen and oxygen atoms in total. The molecule has 146 valence electrons. The van der Waals surface area contributed by atoms with Crippen LogP contribution in [0, 0.1) is 3.57 Å². The molecule has 0 aliphatic rings. The van der Waals surface area contributed by atoms with Crippen LogP contribution in [0.15, 0.2) is 84.1 Å². The number of rotatable bonds is 7. The Morgan fingerprint density at radius 3 is 2.59 bits per heavy atom. The van der Waals surface area contributed by atoms with Crippen LogP contribution < -0.4 is 10.2 Å². The lowest BCUT2D eigenvalue weighted by Gasteiger charge is -2.07. The number of fused-ring (bicyclic) bond motifs is 1. The number of halogens is 1. The fourth-order valence-electron chi connectivity index (χ4n) is 3.39. The average Bonchev–Trinajstić information content (AvgIpc) is 3.10. The summed E-state index contributed by atoms with van der Waals surface area (Å²) < 4.78 is 8.91. The van der Waals surface area contributed by atoms with Crippen LogP contribution in [0.2, 0.25) is 0 Å². The highest BCUT2D eigenvalue weighted by Gasteiger charge is 2.07. The SMILES string of the molecule is COc1ccccc1CN/N=C/c1cn(Cc2ccc(I)cc2)c2ccccc12. The van der Waals surface area contributed by atoms with Crippen LogP contribution >= 0.6 is 22.6 Å². The minimum Gasteiger partial charge on any atom is -0.496 e. The molecule has 1 heterocycles. The molecule has 4 rings (SSSR count). The second-order valence-electron chi connectivity index (χ2n) is 6.76. The van der Waals surface area contributed by atoms with Gasteiger partial charge in [-0.3, -0.25) is 0 Å². The van der Waals surface area contributed by atoms with Crippen molar-refractivity contribution >= 4 is 39.7 Å². The second kappa shape index (κ2) is 9.13. The van der Waals surface area contributed by atoms with Gasteiger partial charge in [-0.15, -0.1) is 0 Å². The van der Waals surface area contributed by atoms with E-state index in [0.29, 0.717) is 6.54 Å². The standard InChI is InChI=1S/C24H22IN3O/c1-29-24-9-5-2-6-19(24)14-26-27-15-20-17-28(23-8-4-3-7-22(20)23)16-18-10-12-21(25)13-11-18/h2-13,15,17,26H,14,16H2,1H3/b27-15+. The summed E-state index contributed by atoms with van der Waals surface area (Å²) in [5.41, 5.74) is 7.79. The van der Waals surface area contributed by atoms with Gasteiger partial charge in [-0.2, -0.15) is 5.10 Å². The van der Waals surface area contributed by atoms with Crippen molar-refractivity contribution in [3.63, 3.8) is 0 Å². The van der Waals surface area contributed by atoms with Gasteiger partial charge in [0, 0.05) is 38.3 Å². The van der Waals surface area contributed by atoms with E-state index in [1.165, 1.54) is 20.0 Å². The fraction of sp³-hybridized carbons (Fsp3) is 0.125. The predicted molar refractivity (Wildman–Crippen MR) is 128 cm³/mol. The summed E-state index contributed by atoms with van der Waals surface area (Å²) >= 11 is 2.33. The number of aromatic nitrogens is 1. The largest absolute Gasteiger partial charge is 0.496 e. The van der Waals surface area contributed by atoms with E-state index in [2.05, 4.69) is 92.4 Å². The van der Waals surface area contributed by atoms with Gasteiger partial charge in [0.15, 0.2) is 0 Å². The Balaban J connectivity index is 1.53. The number of hydrogen-bond donors (Lipinski definition) is 1. The number of hydrazone groups is 1. The van der Waals surface area contributed by atoms with E-state index in [-0.39, 0.29) is 0 Å². The molecule has 1 N–H and O–H groups in total. The van der Waals surface area contributed by atoms with Crippen molar-refractivity contribution < 1.29 is 4.74 Å². The van der Waals surface area contributed by atoms with Crippen molar-refractivity contribution in [2.45, 2.75) is 13.1 Å². The number of methoxy groups -OCH3 is 1. The van der Waals surface area contributed by atoms with E-state index in [0.717, 1.165) is 23.4 Å². The van der Waals surface area contributed by atoms with Crippen LogP contribution in [0.5, 0.6) is 5.75 Å². The summed E-state index contributed by atoms with van der Waals surface area (Å²) in [6.07, 6.45) is 4.05. The number of nitrogens with one attached hydrogen (secondary N) is 1. The Bertz CT molecular complexity index is 1130. The molecule has 4 aromatic rings. The number of hydrogen-bond acceptors (Lipinski definition) is 3. The van der Waals surface area contributed by atoms with Crippen molar-refractivity contribution in [1.82, 2.24) is 9.99 Å². The Kier molecular flexibility index (Phi) is 6.14. The van der Waals surface area contributed by atoms with Crippen LogP contribution in [0.4, 0.5) is 0 Å². The molecule has 3 aromatic carbocycles. The van der Waals surface area contributed by atoms with Crippen molar-refractivity contribution in [3.05, 3.63) is 99.3 Å². The van der Waals surface area contributed by atoms with Gasteiger partial charge in [0.2, 0.25) is 0 Å².